The zero-order chi connectivity index (χ0) is 23.4. The lowest BCUT2D eigenvalue weighted by molar-refractivity contribution is -0.118. The Morgan fingerprint density at radius 2 is 1.79 bits per heavy atom. The normalized spacial score (nSPS) is 11.5. The minimum atomic E-state index is -0.362. The molecule has 0 aliphatic carbocycles. The van der Waals surface area contributed by atoms with Crippen LogP contribution in [0.3, 0.4) is 0 Å². The van der Waals surface area contributed by atoms with Crippen molar-refractivity contribution in [2.75, 3.05) is 5.75 Å². The van der Waals surface area contributed by atoms with Gasteiger partial charge in [-0.25, -0.2) is 10.4 Å². The van der Waals surface area contributed by atoms with Gasteiger partial charge in [-0.2, -0.15) is 5.10 Å². The summed E-state index contributed by atoms with van der Waals surface area (Å²) < 4.78 is 2.39. The Kier molecular flexibility index (Phi) is 6.90. The van der Waals surface area contributed by atoms with Crippen molar-refractivity contribution in [3.63, 3.8) is 0 Å². The standard InChI is InChI=1S/C24H19BrN4O3S/c1-15(18-6-3-5-9-21(18)30)27-28-22(31)14-33-24-26-20-8-4-2-7-19(20)23(32)29(24)17-12-10-16(25)11-13-17/h2-13,30H,14H2,1H3,(H,28,31)/b27-15+. The first-order chi connectivity index (χ1) is 15.9. The van der Waals surface area contributed by atoms with E-state index in [1.54, 1.807) is 49.4 Å². The molecule has 0 atom stereocenters. The fourth-order valence-electron chi connectivity index (χ4n) is 3.18. The van der Waals surface area contributed by atoms with E-state index < -0.39 is 0 Å². The van der Waals surface area contributed by atoms with Crippen LogP contribution in [0, 0.1) is 0 Å². The van der Waals surface area contributed by atoms with Crippen LogP contribution in [0.4, 0.5) is 0 Å². The number of halogens is 1. The highest BCUT2D eigenvalue weighted by molar-refractivity contribution is 9.10. The Morgan fingerprint density at radius 3 is 2.55 bits per heavy atom. The minimum Gasteiger partial charge on any atom is -0.507 e. The number of para-hydroxylation sites is 2. The van der Waals surface area contributed by atoms with Gasteiger partial charge in [0.05, 0.1) is 28.1 Å². The Morgan fingerprint density at radius 1 is 1.09 bits per heavy atom. The summed E-state index contributed by atoms with van der Waals surface area (Å²) >= 11 is 4.55. The molecule has 4 rings (SSSR count). The molecule has 0 fully saturated rings. The minimum absolute atomic E-state index is 0.00113. The molecule has 0 saturated heterocycles. The Bertz CT molecular complexity index is 1420. The molecule has 1 amide bonds. The fourth-order valence-corrected chi connectivity index (χ4v) is 4.24. The molecular weight excluding hydrogens is 504 g/mol. The number of carbonyl (C=O) groups excluding carboxylic acids is 1. The van der Waals surface area contributed by atoms with Crippen LogP contribution >= 0.6 is 27.7 Å². The number of carbonyl (C=O) groups is 1. The average Bonchev–Trinajstić information content (AvgIpc) is 2.82. The molecule has 0 aliphatic rings. The van der Waals surface area contributed by atoms with E-state index in [1.165, 1.54) is 4.57 Å². The van der Waals surface area contributed by atoms with E-state index in [-0.39, 0.29) is 23.0 Å². The fraction of sp³-hybridized carbons (Fsp3) is 0.0833. The second-order valence-electron chi connectivity index (χ2n) is 7.07. The summed E-state index contributed by atoms with van der Waals surface area (Å²) in [4.78, 5) is 30.3. The van der Waals surface area contributed by atoms with Gasteiger partial charge in [-0.1, -0.05) is 52.0 Å². The third-order valence-electron chi connectivity index (χ3n) is 4.80. The second-order valence-corrected chi connectivity index (χ2v) is 8.92. The van der Waals surface area contributed by atoms with Gasteiger partial charge in [0.25, 0.3) is 11.5 Å². The quantitative estimate of drug-likeness (QED) is 0.168. The summed E-state index contributed by atoms with van der Waals surface area (Å²) in [5.41, 5.74) is 4.50. The topological polar surface area (TPSA) is 96.6 Å². The number of hydrogen-bond donors (Lipinski definition) is 2. The van der Waals surface area contributed by atoms with Crippen molar-refractivity contribution in [3.8, 4) is 11.4 Å². The summed E-state index contributed by atoms with van der Waals surface area (Å²) in [5.74, 6) is -0.278. The van der Waals surface area contributed by atoms with Crippen LogP contribution in [0.2, 0.25) is 0 Å². The van der Waals surface area contributed by atoms with Gasteiger partial charge >= 0.3 is 0 Å². The number of phenols is 1. The van der Waals surface area contributed by atoms with Gasteiger partial charge in [0, 0.05) is 10.0 Å². The molecule has 0 bridgehead atoms. The molecule has 0 radical (unpaired) electrons. The van der Waals surface area contributed by atoms with Crippen LogP contribution in [0.1, 0.15) is 12.5 Å². The number of nitrogens with one attached hydrogen (secondary N) is 1. The van der Waals surface area contributed by atoms with Gasteiger partial charge in [0.15, 0.2) is 5.16 Å². The van der Waals surface area contributed by atoms with Gasteiger partial charge in [0.2, 0.25) is 0 Å². The predicted molar refractivity (Wildman–Crippen MR) is 134 cm³/mol. The molecule has 0 aliphatic heterocycles. The molecular formula is C24H19BrN4O3S. The first-order valence-electron chi connectivity index (χ1n) is 9.96. The van der Waals surface area contributed by atoms with Gasteiger partial charge in [-0.3, -0.25) is 14.2 Å². The molecule has 166 valence electrons. The molecule has 0 unspecified atom stereocenters. The zero-order valence-electron chi connectivity index (χ0n) is 17.5. The van der Waals surface area contributed by atoms with Gasteiger partial charge in [-0.15, -0.1) is 0 Å². The van der Waals surface area contributed by atoms with E-state index >= 15 is 0 Å². The number of hydrazone groups is 1. The monoisotopic (exact) mass is 522 g/mol. The lowest BCUT2D eigenvalue weighted by Gasteiger charge is -2.13. The molecule has 2 N–H and O–H groups in total. The number of aromatic nitrogens is 2. The SMILES string of the molecule is C/C(=N\NC(=O)CSc1nc2ccccc2c(=O)n1-c1ccc(Br)cc1)c1ccccc1O. The summed E-state index contributed by atoms with van der Waals surface area (Å²) in [6.07, 6.45) is 0. The molecule has 1 aromatic heterocycles. The number of fused-ring (bicyclic) bond motifs is 1. The molecule has 0 saturated carbocycles. The second kappa shape index (κ2) is 10.0. The number of rotatable bonds is 6. The molecule has 4 aromatic rings. The lowest BCUT2D eigenvalue weighted by atomic mass is 10.1. The van der Waals surface area contributed by atoms with Crippen molar-refractivity contribution >= 4 is 50.2 Å². The molecule has 0 spiro atoms. The number of phenolic OH excluding ortho intramolecular Hbond substituents is 1. The third kappa shape index (κ3) is 5.15. The maximum atomic E-state index is 13.2. The molecule has 7 nitrogen and oxygen atoms in total. The highest BCUT2D eigenvalue weighted by Gasteiger charge is 2.15. The maximum Gasteiger partial charge on any atom is 0.266 e. The Hall–Kier alpha value is -3.43. The van der Waals surface area contributed by atoms with Crippen LogP contribution in [-0.2, 0) is 4.79 Å². The van der Waals surface area contributed by atoms with E-state index in [9.17, 15) is 14.7 Å². The molecule has 33 heavy (non-hydrogen) atoms. The largest absolute Gasteiger partial charge is 0.507 e. The smallest absolute Gasteiger partial charge is 0.266 e. The van der Waals surface area contributed by atoms with Crippen molar-refractivity contribution in [3.05, 3.63) is 93.2 Å². The number of amides is 1. The van der Waals surface area contributed by atoms with E-state index in [0.29, 0.717) is 33.0 Å². The van der Waals surface area contributed by atoms with Crippen molar-refractivity contribution in [2.45, 2.75) is 12.1 Å². The third-order valence-corrected chi connectivity index (χ3v) is 6.27. The lowest BCUT2D eigenvalue weighted by Crippen LogP contribution is -2.24. The molecule has 9 heteroatoms. The first kappa shape index (κ1) is 22.8. The summed E-state index contributed by atoms with van der Waals surface area (Å²) in [6, 6.07) is 21.2. The highest BCUT2D eigenvalue weighted by Crippen LogP contribution is 2.22. The molecule has 1 heterocycles. The number of nitrogens with zero attached hydrogens (tertiary/aromatic N) is 3. The number of aromatic hydroxyl groups is 1. The highest BCUT2D eigenvalue weighted by atomic mass is 79.9. The van der Waals surface area contributed by atoms with Gasteiger partial charge in [0.1, 0.15) is 5.75 Å². The summed E-state index contributed by atoms with van der Waals surface area (Å²) in [7, 11) is 0. The predicted octanol–water partition coefficient (Wildman–Crippen LogP) is 4.49. The van der Waals surface area contributed by atoms with E-state index in [0.717, 1.165) is 16.2 Å². The van der Waals surface area contributed by atoms with Gasteiger partial charge < -0.3 is 5.11 Å². The van der Waals surface area contributed by atoms with Crippen molar-refractivity contribution < 1.29 is 9.90 Å². The number of benzene rings is 3. The van der Waals surface area contributed by atoms with Crippen molar-refractivity contribution in [1.29, 1.82) is 0 Å². The maximum absolute atomic E-state index is 13.2. The van der Waals surface area contributed by atoms with Crippen LogP contribution in [0.5, 0.6) is 5.75 Å². The first-order valence-corrected chi connectivity index (χ1v) is 11.7. The Balaban J connectivity index is 1.59. The average molecular weight is 523 g/mol. The summed E-state index contributed by atoms with van der Waals surface area (Å²) in [6.45, 7) is 1.69. The van der Waals surface area contributed by atoms with E-state index in [2.05, 4.69) is 31.4 Å². The van der Waals surface area contributed by atoms with E-state index in [4.69, 9.17) is 0 Å². The zero-order valence-corrected chi connectivity index (χ0v) is 19.9. The van der Waals surface area contributed by atoms with Crippen molar-refractivity contribution in [2.24, 2.45) is 5.10 Å². The van der Waals surface area contributed by atoms with E-state index in [1.807, 2.05) is 30.3 Å². The van der Waals surface area contributed by atoms with Gasteiger partial charge in [-0.05, 0) is 55.5 Å². The van der Waals surface area contributed by atoms with Crippen LogP contribution < -0.4 is 11.0 Å². The van der Waals surface area contributed by atoms with Crippen LogP contribution in [0.25, 0.3) is 16.6 Å². The number of thioether (sulfide) groups is 1. The summed E-state index contributed by atoms with van der Waals surface area (Å²) in [5, 5.41) is 14.9. The van der Waals surface area contributed by atoms with Crippen molar-refractivity contribution in [1.82, 2.24) is 15.0 Å². The molecule has 3 aromatic carbocycles. The van der Waals surface area contributed by atoms with Crippen LogP contribution in [0.15, 0.2) is 92.3 Å². The number of hydrogen-bond acceptors (Lipinski definition) is 6. The van der Waals surface area contributed by atoms with Crippen LogP contribution in [-0.4, -0.2) is 32.0 Å². The Labute approximate surface area is 202 Å².